The van der Waals surface area contributed by atoms with Crippen LogP contribution in [0.5, 0.6) is 11.5 Å². The van der Waals surface area contributed by atoms with Gasteiger partial charge in [-0.25, -0.2) is 4.39 Å². The zero-order chi connectivity index (χ0) is 23.1. The number of nitriles is 1. The zero-order valence-electron chi connectivity index (χ0n) is 17.0. The first-order valence-corrected chi connectivity index (χ1v) is 10.4. The monoisotopic (exact) mass is 496 g/mol. The van der Waals surface area contributed by atoms with Crippen LogP contribution < -0.4 is 9.47 Å². The van der Waals surface area contributed by atoms with Crippen molar-refractivity contribution < 1.29 is 18.8 Å². The highest BCUT2D eigenvalue weighted by Gasteiger charge is 2.14. The number of non-ortho nitro benzene ring substituents is 1. The average molecular weight is 497 g/mol. The van der Waals surface area contributed by atoms with E-state index in [1.54, 1.807) is 36.4 Å². The predicted octanol–water partition coefficient (Wildman–Crippen LogP) is 6.54. The van der Waals surface area contributed by atoms with Crippen LogP contribution >= 0.6 is 15.9 Å². The van der Waals surface area contributed by atoms with Crippen LogP contribution in [-0.2, 0) is 6.61 Å². The van der Waals surface area contributed by atoms with E-state index in [1.165, 1.54) is 30.3 Å². The molecule has 0 amide bonds. The molecule has 0 spiro atoms. The summed E-state index contributed by atoms with van der Waals surface area (Å²) in [6.45, 7) is 2.44. The van der Waals surface area contributed by atoms with Gasteiger partial charge in [0.15, 0.2) is 11.5 Å². The summed E-state index contributed by atoms with van der Waals surface area (Å²) in [5, 5.41) is 20.7. The van der Waals surface area contributed by atoms with Crippen molar-refractivity contribution in [3.8, 4) is 17.6 Å². The summed E-state index contributed by atoms with van der Waals surface area (Å²) in [6, 6.07) is 17.5. The van der Waals surface area contributed by atoms with Crippen molar-refractivity contribution in [3.05, 3.63) is 97.8 Å². The second-order valence-electron chi connectivity index (χ2n) is 6.66. The van der Waals surface area contributed by atoms with Crippen molar-refractivity contribution in [2.45, 2.75) is 13.5 Å². The molecular formula is C24H18BrFN2O4. The fourth-order valence-electron chi connectivity index (χ4n) is 2.94. The first-order valence-electron chi connectivity index (χ1n) is 9.61. The van der Waals surface area contributed by atoms with Crippen LogP contribution in [0.3, 0.4) is 0 Å². The summed E-state index contributed by atoms with van der Waals surface area (Å²) in [6.07, 6.45) is 1.62. The molecule has 0 aliphatic heterocycles. The van der Waals surface area contributed by atoms with E-state index in [1.807, 2.05) is 6.92 Å². The van der Waals surface area contributed by atoms with Gasteiger partial charge in [-0.2, -0.15) is 5.26 Å². The van der Waals surface area contributed by atoms with Crippen molar-refractivity contribution in [3.63, 3.8) is 0 Å². The van der Waals surface area contributed by atoms with Gasteiger partial charge in [-0.1, -0.05) is 24.3 Å². The minimum atomic E-state index is -0.504. The van der Waals surface area contributed by atoms with Crippen molar-refractivity contribution >= 4 is 33.3 Å². The number of hydrogen-bond donors (Lipinski definition) is 0. The van der Waals surface area contributed by atoms with Crippen LogP contribution in [0.15, 0.2) is 65.1 Å². The molecule has 162 valence electrons. The Bertz CT molecular complexity index is 1200. The molecular weight excluding hydrogens is 479 g/mol. The Morgan fingerprint density at radius 2 is 1.94 bits per heavy atom. The van der Waals surface area contributed by atoms with Gasteiger partial charge >= 0.3 is 0 Å². The highest BCUT2D eigenvalue weighted by molar-refractivity contribution is 9.10. The summed E-state index contributed by atoms with van der Waals surface area (Å²) >= 11 is 3.49. The maximum Gasteiger partial charge on any atom is 0.270 e. The highest BCUT2D eigenvalue weighted by atomic mass is 79.9. The van der Waals surface area contributed by atoms with Gasteiger partial charge in [0, 0.05) is 12.1 Å². The quantitative estimate of drug-likeness (QED) is 0.153. The number of allylic oxidation sites excluding steroid dienone is 1. The molecule has 0 radical (unpaired) electrons. The first-order chi connectivity index (χ1) is 15.4. The van der Waals surface area contributed by atoms with Crippen LogP contribution in [0.25, 0.3) is 11.6 Å². The Balaban J connectivity index is 1.93. The lowest BCUT2D eigenvalue weighted by Gasteiger charge is -2.15. The SMILES string of the molecule is CCOc1cc(C=C(C#N)c2cccc([N+](=O)[O-])c2)cc(Br)c1OCc1ccc(F)cc1. The van der Waals surface area contributed by atoms with Gasteiger partial charge in [0.2, 0.25) is 0 Å². The largest absolute Gasteiger partial charge is 0.490 e. The lowest BCUT2D eigenvalue weighted by atomic mass is 10.0. The topological polar surface area (TPSA) is 85.4 Å². The molecule has 32 heavy (non-hydrogen) atoms. The smallest absolute Gasteiger partial charge is 0.270 e. The van der Waals surface area contributed by atoms with E-state index in [2.05, 4.69) is 22.0 Å². The maximum absolute atomic E-state index is 13.1. The summed E-state index contributed by atoms with van der Waals surface area (Å²) in [5.41, 5.74) is 2.06. The summed E-state index contributed by atoms with van der Waals surface area (Å²) < 4.78 is 25.3. The molecule has 6 nitrogen and oxygen atoms in total. The van der Waals surface area contributed by atoms with Crippen LogP contribution in [0.4, 0.5) is 10.1 Å². The number of nitro benzene ring substituents is 1. The fourth-order valence-corrected chi connectivity index (χ4v) is 3.52. The van der Waals surface area contributed by atoms with E-state index in [0.717, 1.165) is 5.56 Å². The molecule has 8 heteroatoms. The van der Waals surface area contributed by atoms with Crippen molar-refractivity contribution in [1.29, 1.82) is 5.26 Å². The van der Waals surface area contributed by atoms with Crippen LogP contribution in [0.1, 0.15) is 23.6 Å². The van der Waals surface area contributed by atoms with Gasteiger partial charge in [0.1, 0.15) is 12.4 Å². The van der Waals surface area contributed by atoms with Crippen LogP contribution in [0, 0.1) is 27.3 Å². The molecule has 3 aromatic carbocycles. The van der Waals surface area contributed by atoms with E-state index in [0.29, 0.717) is 33.7 Å². The molecule has 0 atom stereocenters. The first kappa shape index (κ1) is 23.0. The molecule has 0 saturated heterocycles. The Kier molecular flexibility index (Phi) is 7.58. The molecule has 0 aliphatic carbocycles. The Labute approximate surface area is 192 Å². The van der Waals surface area contributed by atoms with Crippen LogP contribution in [0.2, 0.25) is 0 Å². The molecule has 0 aromatic heterocycles. The highest BCUT2D eigenvalue weighted by Crippen LogP contribution is 2.38. The predicted molar refractivity (Wildman–Crippen MR) is 123 cm³/mol. The average Bonchev–Trinajstić information content (AvgIpc) is 2.78. The van der Waals surface area contributed by atoms with Gasteiger partial charge in [0.05, 0.1) is 27.6 Å². The second-order valence-corrected chi connectivity index (χ2v) is 7.51. The van der Waals surface area contributed by atoms with Gasteiger partial charge < -0.3 is 9.47 Å². The number of benzene rings is 3. The lowest BCUT2D eigenvalue weighted by Crippen LogP contribution is -2.01. The van der Waals surface area contributed by atoms with E-state index in [9.17, 15) is 19.8 Å². The summed E-state index contributed by atoms with van der Waals surface area (Å²) in [4.78, 5) is 10.5. The minimum absolute atomic E-state index is 0.0932. The number of ether oxygens (including phenoxy) is 2. The van der Waals surface area contributed by atoms with Crippen molar-refractivity contribution in [2.75, 3.05) is 6.61 Å². The van der Waals surface area contributed by atoms with Crippen LogP contribution in [-0.4, -0.2) is 11.5 Å². The molecule has 0 heterocycles. The minimum Gasteiger partial charge on any atom is -0.490 e. The van der Waals surface area contributed by atoms with E-state index < -0.39 is 4.92 Å². The van der Waals surface area contributed by atoms with Gasteiger partial charge in [0.25, 0.3) is 5.69 Å². The molecule has 3 aromatic rings. The van der Waals surface area contributed by atoms with E-state index in [4.69, 9.17) is 9.47 Å². The maximum atomic E-state index is 13.1. The number of rotatable bonds is 8. The lowest BCUT2D eigenvalue weighted by molar-refractivity contribution is -0.384. The number of hydrogen-bond acceptors (Lipinski definition) is 5. The Morgan fingerprint density at radius 3 is 2.59 bits per heavy atom. The Hall–Kier alpha value is -3.70. The van der Waals surface area contributed by atoms with Gasteiger partial charge in [-0.05, 0) is 69.9 Å². The van der Waals surface area contributed by atoms with E-state index >= 15 is 0 Å². The molecule has 3 rings (SSSR count). The standard InChI is InChI=1S/C24H18BrFN2O4/c1-2-31-23-12-17(10-19(14-27)18-4-3-5-21(13-18)28(29)30)11-22(25)24(23)32-15-16-6-8-20(26)9-7-16/h3-13H,2,15H2,1H3. The second kappa shape index (κ2) is 10.6. The molecule has 0 aliphatic rings. The molecule has 0 unspecified atom stereocenters. The normalized spacial score (nSPS) is 11.0. The third-order valence-corrected chi connectivity index (χ3v) is 5.02. The number of nitrogens with zero attached hydrogens (tertiary/aromatic N) is 2. The van der Waals surface area contributed by atoms with Gasteiger partial charge in [-0.3, -0.25) is 10.1 Å². The zero-order valence-corrected chi connectivity index (χ0v) is 18.6. The third-order valence-electron chi connectivity index (χ3n) is 4.43. The fraction of sp³-hybridized carbons (Fsp3) is 0.125. The van der Waals surface area contributed by atoms with Crippen molar-refractivity contribution in [2.24, 2.45) is 0 Å². The molecule has 0 fully saturated rings. The molecule has 0 N–H and O–H groups in total. The number of nitro groups is 1. The van der Waals surface area contributed by atoms with Crippen molar-refractivity contribution in [1.82, 2.24) is 0 Å². The summed E-state index contributed by atoms with van der Waals surface area (Å²) in [5.74, 6) is 0.617. The third kappa shape index (κ3) is 5.71. The molecule has 0 saturated carbocycles. The summed E-state index contributed by atoms with van der Waals surface area (Å²) in [7, 11) is 0. The number of halogens is 2. The van der Waals surface area contributed by atoms with E-state index in [-0.39, 0.29) is 23.7 Å². The van der Waals surface area contributed by atoms with Gasteiger partial charge in [-0.15, -0.1) is 0 Å². The Morgan fingerprint density at radius 1 is 1.19 bits per heavy atom. The molecule has 0 bridgehead atoms.